The Hall–Kier alpha value is -3.47. The first kappa shape index (κ1) is 19.8. The molecule has 0 saturated heterocycles. The summed E-state index contributed by atoms with van der Waals surface area (Å²) in [7, 11) is 1.66. The van der Waals surface area contributed by atoms with Gasteiger partial charge in [0.1, 0.15) is 17.3 Å². The minimum Gasteiger partial charge on any atom is -0.497 e. The third-order valence-electron chi connectivity index (χ3n) is 5.39. The zero-order valence-corrected chi connectivity index (χ0v) is 17.3. The number of fused-ring (bicyclic) bond motifs is 1. The number of nitrogens with one attached hydrogen (secondary N) is 2. The molecule has 0 radical (unpaired) electrons. The summed E-state index contributed by atoms with van der Waals surface area (Å²) >= 11 is 0. The van der Waals surface area contributed by atoms with Gasteiger partial charge in [0, 0.05) is 36.1 Å². The van der Waals surface area contributed by atoms with Crippen molar-refractivity contribution in [3.63, 3.8) is 0 Å². The Bertz CT molecular complexity index is 1130. The molecule has 0 spiro atoms. The molecule has 0 aliphatic rings. The fourth-order valence-corrected chi connectivity index (χ4v) is 3.80. The van der Waals surface area contributed by atoms with Crippen molar-refractivity contribution < 1.29 is 13.9 Å². The van der Waals surface area contributed by atoms with E-state index in [0.717, 1.165) is 40.2 Å². The Kier molecular flexibility index (Phi) is 5.89. The summed E-state index contributed by atoms with van der Waals surface area (Å²) in [6.07, 6.45) is 3.10. The highest BCUT2D eigenvalue weighted by atomic mass is 16.5. The Balaban J connectivity index is 1.39. The number of H-pyrrole nitrogens is 1. The van der Waals surface area contributed by atoms with Crippen LogP contribution >= 0.6 is 0 Å². The maximum atomic E-state index is 12.7. The molecule has 0 fully saturated rings. The Morgan fingerprint density at radius 1 is 1.13 bits per heavy atom. The van der Waals surface area contributed by atoms with Crippen molar-refractivity contribution in [2.24, 2.45) is 0 Å². The van der Waals surface area contributed by atoms with E-state index >= 15 is 0 Å². The highest BCUT2D eigenvalue weighted by Crippen LogP contribution is 2.29. The van der Waals surface area contributed by atoms with Crippen LogP contribution in [0.2, 0.25) is 0 Å². The van der Waals surface area contributed by atoms with E-state index < -0.39 is 0 Å². The Morgan fingerprint density at radius 3 is 2.70 bits per heavy atom. The number of hydrogen-bond acceptors (Lipinski definition) is 3. The topological polar surface area (TPSA) is 67.3 Å². The molecule has 4 aromatic rings. The number of carbonyl (C=O) groups excluding carboxylic acids is 1. The molecule has 1 atom stereocenters. The van der Waals surface area contributed by atoms with E-state index in [-0.39, 0.29) is 11.8 Å². The second kappa shape index (κ2) is 8.91. The minimum absolute atomic E-state index is 0.0133. The smallest absolute Gasteiger partial charge is 0.221 e. The number of methoxy groups -OCH3 is 1. The van der Waals surface area contributed by atoms with Gasteiger partial charge in [0.25, 0.3) is 0 Å². The number of aromatic nitrogens is 1. The second-order valence-corrected chi connectivity index (χ2v) is 7.44. The van der Waals surface area contributed by atoms with E-state index in [1.165, 1.54) is 5.56 Å². The lowest BCUT2D eigenvalue weighted by Gasteiger charge is -2.15. The Morgan fingerprint density at radius 2 is 1.97 bits per heavy atom. The lowest BCUT2D eigenvalue weighted by atomic mass is 9.93. The molecule has 5 nitrogen and oxygen atoms in total. The SMILES string of the molecule is COc1ccc2c(CCNC(=O)CC(c3ccccc3)c3ccc(C)o3)c[nH]c2c1. The van der Waals surface area contributed by atoms with Gasteiger partial charge in [0.2, 0.25) is 5.91 Å². The predicted molar refractivity (Wildman–Crippen MR) is 118 cm³/mol. The van der Waals surface area contributed by atoms with E-state index in [2.05, 4.69) is 10.3 Å². The van der Waals surface area contributed by atoms with Crippen LogP contribution in [0, 0.1) is 6.92 Å². The number of hydrogen-bond donors (Lipinski definition) is 2. The number of benzene rings is 2. The van der Waals surface area contributed by atoms with Crippen LogP contribution in [0.25, 0.3) is 10.9 Å². The van der Waals surface area contributed by atoms with Gasteiger partial charge in [-0.05, 0) is 48.7 Å². The van der Waals surface area contributed by atoms with Crippen molar-refractivity contribution in [3.05, 3.63) is 89.5 Å². The molecule has 0 bridgehead atoms. The zero-order chi connectivity index (χ0) is 20.9. The first-order chi connectivity index (χ1) is 14.6. The lowest BCUT2D eigenvalue weighted by Crippen LogP contribution is -2.27. The van der Waals surface area contributed by atoms with Crippen LogP contribution in [0.1, 0.15) is 35.0 Å². The van der Waals surface area contributed by atoms with Crippen molar-refractivity contribution in [2.45, 2.75) is 25.7 Å². The third-order valence-corrected chi connectivity index (χ3v) is 5.39. The molecular formula is C25H26N2O3. The first-order valence-electron chi connectivity index (χ1n) is 10.2. The standard InChI is InChI=1S/C25H26N2O3/c1-17-8-11-24(30-17)22(18-6-4-3-5-7-18)15-25(28)26-13-12-19-16-27-23-14-20(29-2)9-10-21(19)23/h3-11,14,16,22,27H,12-13,15H2,1-2H3,(H,26,28). The van der Waals surface area contributed by atoms with Crippen LogP contribution < -0.4 is 10.1 Å². The van der Waals surface area contributed by atoms with Gasteiger partial charge in [-0.2, -0.15) is 0 Å². The lowest BCUT2D eigenvalue weighted by molar-refractivity contribution is -0.121. The number of aryl methyl sites for hydroxylation is 1. The molecule has 2 aromatic carbocycles. The number of carbonyl (C=O) groups is 1. The summed E-state index contributed by atoms with van der Waals surface area (Å²) in [6, 6.07) is 19.9. The predicted octanol–water partition coefficient (Wildman–Crippen LogP) is 4.96. The van der Waals surface area contributed by atoms with Crippen molar-refractivity contribution >= 4 is 16.8 Å². The number of ether oxygens (including phenoxy) is 1. The average Bonchev–Trinajstić information content (AvgIpc) is 3.38. The molecule has 5 heteroatoms. The maximum Gasteiger partial charge on any atom is 0.221 e. The minimum atomic E-state index is -0.0968. The summed E-state index contributed by atoms with van der Waals surface area (Å²) in [6.45, 7) is 2.50. The molecule has 30 heavy (non-hydrogen) atoms. The van der Waals surface area contributed by atoms with Gasteiger partial charge >= 0.3 is 0 Å². The number of furan rings is 1. The van der Waals surface area contributed by atoms with Crippen molar-refractivity contribution in [1.29, 1.82) is 0 Å². The van der Waals surface area contributed by atoms with Crippen LogP contribution in [0.15, 0.2) is 71.3 Å². The number of amides is 1. The molecule has 4 rings (SSSR count). The van der Waals surface area contributed by atoms with E-state index in [1.54, 1.807) is 7.11 Å². The van der Waals surface area contributed by atoms with E-state index in [9.17, 15) is 4.79 Å². The summed E-state index contributed by atoms with van der Waals surface area (Å²) in [5, 5.41) is 4.22. The fraction of sp³-hybridized carbons (Fsp3) is 0.240. The van der Waals surface area contributed by atoms with Crippen LogP contribution in [-0.4, -0.2) is 24.5 Å². The number of aromatic amines is 1. The summed E-state index contributed by atoms with van der Waals surface area (Å²) in [5.74, 6) is 2.41. The monoisotopic (exact) mass is 402 g/mol. The summed E-state index contributed by atoms with van der Waals surface area (Å²) < 4.78 is 11.1. The quantitative estimate of drug-likeness (QED) is 0.438. The highest BCUT2D eigenvalue weighted by molar-refractivity contribution is 5.84. The molecule has 0 aliphatic heterocycles. The van der Waals surface area contributed by atoms with Gasteiger partial charge in [0.05, 0.1) is 13.0 Å². The largest absolute Gasteiger partial charge is 0.497 e. The van der Waals surface area contributed by atoms with Crippen LogP contribution in [0.4, 0.5) is 0 Å². The Labute approximate surface area is 176 Å². The third kappa shape index (κ3) is 4.40. The van der Waals surface area contributed by atoms with Crippen LogP contribution in [0.3, 0.4) is 0 Å². The maximum absolute atomic E-state index is 12.7. The molecule has 1 amide bonds. The van der Waals surface area contributed by atoms with Crippen LogP contribution in [-0.2, 0) is 11.2 Å². The van der Waals surface area contributed by atoms with Crippen molar-refractivity contribution in [1.82, 2.24) is 10.3 Å². The van der Waals surface area contributed by atoms with E-state index in [0.29, 0.717) is 13.0 Å². The van der Waals surface area contributed by atoms with Gasteiger partial charge in [0.15, 0.2) is 0 Å². The molecular weight excluding hydrogens is 376 g/mol. The van der Waals surface area contributed by atoms with Crippen molar-refractivity contribution in [2.75, 3.05) is 13.7 Å². The first-order valence-corrected chi connectivity index (χ1v) is 10.2. The van der Waals surface area contributed by atoms with Crippen LogP contribution in [0.5, 0.6) is 5.75 Å². The fourth-order valence-electron chi connectivity index (χ4n) is 3.80. The van der Waals surface area contributed by atoms with Gasteiger partial charge in [-0.15, -0.1) is 0 Å². The van der Waals surface area contributed by atoms with E-state index in [4.69, 9.17) is 9.15 Å². The average molecular weight is 402 g/mol. The van der Waals surface area contributed by atoms with Gasteiger partial charge in [-0.25, -0.2) is 0 Å². The molecule has 1 unspecified atom stereocenters. The normalized spacial score (nSPS) is 12.1. The molecule has 2 aromatic heterocycles. The van der Waals surface area contributed by atoms with Gasteiger partial charge < -0.3 is 19.5 Å². The highest BCUT2D eigenvalue weighted by Gasteiger charge is 2.21. The number of rotatable bonds is 8. The zero-order valence-electron chi connectivity index (χ0n) is 17.3. The van der Waals surface area contributed by atoms with E-state index in [1.807, 2.05) is 73.8 Å². The van der Waals surface area contributed by atoms with Crippen molar-refractivity contribution in [3.8, 4) is 5.75 Å². The molecule has 2 N–H and O–H groups in total. The molecule has 154 valence electrons. The summed E-state index contributed by atoms with van der Waals surface area (Å²) in [4.78, 5) is 16.0. The second-order valence-electron chi connectivity index (χ2n) is 7.44. The molecule has 0 saturated carbocycles. The van der Waals surface area contributed by atoms with Gasteiger partial charge in [-0.3, -0.25) is 4.79 Å². The molecule has 2 heterocycles. The van der Waals surface area contributed by atoms with Gasteiger partial charge in [-0.1, -0.05) is 30.3 Å². The molecule has 0 aliphatic carbocycles. The summed E-state index contributed by atoms with van der Waals surface area (Å²) in [5.41, 5.74) is 3.29.